The van der Waals surface area contributed by atoms with Crippen LogP contribution in [0.25, 0.3) is 0 Å². The molecule has 2 aliphatic rings. The predicted molar refractivity (Wildman–Crippen MR) is 92.2 cm³/mol. The molecular formula is C20H21FN2O3. The highest BCUT2D eigenvalue weighted by atomic mass is 19.1. The van der Waals surface area contributed by atoms with Gasteiger partial charge in [0, 0.05) is 25.6 Å². The van der Waals surface area contributed by atoms with Crippen LogP contribution in [-0.4, -0.2) is 34.2 Å². The quantitative estimate of drug-likeness (QED) is 0.800. The lowest BCUT2D eigenvalue weighted by Crippen LogP contribution is -2.38. The molecule has 26 heavy (non-hydrogen) atoms. The molecule has 0 bridgehead atoms. The Morgan fingerprint density at radius 2 is 2.00 bits per heavy atom. The van der Waals surface area contributed by atoms with Crippen LogP contribution >= 0.6 is 0 Å². The topological polar surface area (TPSA) is 53.8 Å². The van der Waals surface area contributed by atoms with Crippen LogP contribution in [-0.2, 0) is 22.7 Å². The molecule has 1 aromatic heterocycles. The third-order valence-corrected chi connectivity index (χ3v) is 5.03. The molecule has 1 aliphatic carbocycles. The monoisotopic (exact) mass is 356 g/mol. The van der Waals surface area contributed by atoms with E-state index in [0.717, 1.165) is 24.2 Å². The number of amides is 2. The van der Waals surface area contributed by atoms with E-state index in [1.54, 1.807) is 29.4 Å². The Balaban J connectivity index is 1.43. The van der Waals surface area contributed by atoms with Gasteiger partial charge in [-0.15, -0.1) is 0 Å². The summed E-state index contributed by atoms with van der Waals surface area (Å²) in [5.74, 6) is 0.118. The third-order valence-electron chi connectivity index (χ3n) is 5.03. The fourth-order valence-corrected chi connectivity index (χ4v) is 3.48. The zero-order valence-corrected chi connectivity index (χ0v) is 14.4. The van der Waals surface area contributed by atoms with Gasteiger partial charge in [-0.3, -0.25) is 9.59 Å². The molecule has 1 atom stereocenters. The van der Waals surface area contributed by atoms with Crippen LogP contribution in [0.5, 0.6) is 0 Å². The molecule has 4 rings (SSSR count). The maximum absolute atomic E-state index is 13.1. The number of carbonyl (C=O) groups is 2. The van der Waals surface area contributed by atoms with Crippen molar-refractivity contribution >= 4 is 11.8 Å². The van der Waals surface area contributed by atoms with Gasteiger partial charge in [-0.2, -0.15) is 0 Å². The summed E-state index contributed by atoms with van der Waals surface area (Å²) in [4.78, 5) is 28.9. The second-order valence-corrected chi connectivity index (χ2v) is 7.08. The fraction of sp³-hybridized carbons (Fsp3) is 0.400. The molecule has 1 saturated heterocycles. The molecule has 2 fully saturated rings. The highest BCUT2D eigenvalue weighted by Crippen LogP contribution is 2.32. The van der Waals surface area contributed by atoms with Gasteiger partial charge in [0.2, 0.25) is 11.8 Å². The molecule has 2 amide bonds. The van der Waals surface area contributed by atoms with Gasteiger partial charge in [0.25, 0.3) is 0 Å². The van der Waals surface area contributed by atoms with E-state index in [9.17, 15) is 14.0 Å². The van der Waals surface area contributed by atoms with Crippen LogP contribution in [0.2, 0.25) is 0 Å². The minimum atomic E-state index is -0.321. The van der Waals surface area contributed by atoms with Crippen LogP contribution < -0.4 is 0 Å². The first kappa shape index (κ1) is 16.8. The van der Waals surface area contributed by atoms with Crippen molar-refractivity contribution in [2.45, 2.75) is 38.4 Å². The molecule has 0 radical (unpaired) electrons. The number of rotatable bonds is 6. The summed E-state index contributed by atoms with van der Waals surface area (Å²) < 4.78 is 18.4. The standard InChI is InChI=1S/C20H21FN2O3/c21-16-5-3-14(4-6-16)11-23(17-7-8-17)20(25)15-10-19(24)22(12-15)13-18-2-1-9-26-18/h1-6,9,15,17H,7-8,10-13H2. The summed E-state index contributed by atoms with van der Waals surface area (Å²) in [5, 5.41) is 0. The van der Waals surface area contributed by atoms with E-state index in [2.05, 4.69) is 0 Å². The molecule has 6 heteroatoms. The van der Waals surface area contributed by atoms with Crippen molar-refractivity contribution in [1.82, 2.24) is 9.80 Å². The molecule has 136 valence electrons. The van der Waals surface area contributed by atoms with Crippen LogP contribution in [0, 0.1) is 11.7 Å². The summed E-state index contributed by atoms with van der Waals surface area (Å²) in [5.41, 5.74) is 0.906. The number of hydrogen-bond acceptors (Lipinski definition) is 3. The van der Waals surface area contributed by atoms with Crippen molar-refractivity contribution in [3.63, 3.8) is 0 Å². The maximum atomic E-state index is 13.1. The SMILES string of the molecule is O=C1CC(C(=O)N(Cc2ccc(F)cc2)C2CC2)CN1Cc1ccco1. The Labute approximate surface area is 151 Å². The number of nitrogens with zero attached hydrogens (tertiary/aromatic N) is 2. The van der Waals surface area contributed by atoms with Crippen molar-refractivity contribution < 1.29 is 18.4 Å². The Morgan fingerprint density at radius 1 is 1.23 bits per heavy atom. The lowest BCUT2D eigenvalue weighted by Gasteiger charge is -2.25. The van der Waals surface area contributed by atoms with E-state index >= 15 is 0 Å². The normalized spacial score (nSPS) is 19.8. The first-order chi connectivity index (χ1) is 12.6. The number of likely N-dealkylation sites (tertiary alicyclic amines) is 1. The summed E-state index contributed by atoms with van der Waals surface area (Å²) in [6.45, 7) is 1.29. The Morgan fingerprint density at radius 3 is 2.65 bits per heavy atom. The summed E-state index contributed by atoms with van der Waals surface area (Å²) in [6.07, 6.45) is 3.80. The largest absolute Gasteiger partial charge is 0.467 e. The van der Waals surface area contributed by atoms with Crippen LogP contribution in [0.1, 0.15) is 30.6 Å². The van der Waals surface area contributed by atoms with Crippen molar-refractivity contribution in [2.75, 3.05) is 6.54 Å². The highest BCUT2D eigenvalue weighted by molar-refractivity contribution is 5.89. The average Bonchev–Trinajstić information content (AvgIpc) is 3.22. The Bertz CT molecular complexity index is 784. The molecule has 5 nitrogen and oxygen atoms in total. The predicted octanol–water partition coefficient (Wildman–Crippen LogP) is 2.96. The van der Waals surface area contributed by atoms with E-state index < -0.39 is 0 Å². The third kappa shape index (κ3) is 3.64. The first-order valence-corrected chi connectivity index (χ1v) is 8.95. The van der Waals surface area contributed by atoms with E-state index in [-0.39, 0.29) is 36.0 Å². The number of hydrogen-bond donors (Lipinski definition) is 0. The smallest absolute Gasteiger partial charge is 0.228 e. The molecule has 2 aromatic rings. The van der Waals surface area contributed by atoms with Crippen LogP contribution in [0.3, 0.4) is 0 Å². The highest BCUT2D eigenvalue weighted by Gasteiger charge is 2.41. The minimum Gasteiger partial charge on any atom is -0.467 e. The van der Waals surface area contributed by atoms with Gasteiger partial charge in [-0.25, -0.2) is 4.39 Å². The van der Waals surface area contributed by atoms with Crippen molar-refractivity contribution in [2.24, 2.45) is 5.92 Å². The zero-order valence-electron chi connectivity index (χ0n) is 14.4. The first-order valence-electron chi connectivity index (χ1n) is 8.95. The van der Waals surface area contributed by atoms with Gasteiger partial charge in [0.15, 0.2) is 0 Å². The second-order valence-electron chi connectivity index (χ2n) is 7.08. The second kappa shape index (κ2) is 6.94. The molecule has 1 aliphatic heterocycles. The van der Waals surface area contributed by atoms with Crippen molar-refractivity contribution in [3.8, 4) is 0 Å². The molecule has 2 heterocycles. The lowest BCUT2D eigenvalue weighted by molar-refractivity contribution is -0.137. The fourth-order valence-electron chi connectivity index (χ4n) is 3.48. The average molecular weight is 356 g/mol. The van der Waals surface area contributed by atoms with E-state index in [0.29, 0.717) is 19.6 Å². The molecule has 1 aromatic carbocycles. The van der Waals surface area contributed by atoms with Crippen molar-refractivity contribution in [3.05, 3.63) is 59.8 Å². The van der Waals surface area contributed by atoms with Crippen LogP contribution in [0.4, 0.5) is 4.39 Å². The van der Waals surface area contributed by atoms with Gasteiger partial charge in [0.05, 0.1) is 18.7 Å². The number of carbonyl (C=O) groups excluding carboxylic acids is 2. The van der Waals surface area contributed by atoms with Gasteiger partial charge in [0.1, 0.15) is 11.6 Å². The molecule has 0 N–H and O–H groups in total. The van der Waals surface area contributed by atoms with Gasteiger partial charge in [-0.05, 0) is 42.7 Å². The number of halogens is 1. The van der Waals surface area contributed by atoms with E-state index in [1.165, 1.54) is 12.1 Å². The molecular weight excluding hydrogens is 335 g/mol. The van der Waals surface area contributed by atoms with Gasteiger partial charge in [-0.1, -0.05) is 12.1 Å². The summed E-state index contributed by atoms with van der Waals surface area (Å²) in [6, 6.07) is 10.1. The van der Waals surface area contributed by atoms with Gasteiger partial charge >= 0.3 is 0 Å². The lowest BCUT2D eigenvalue weighted by atomic mass is 10.1. The maximum Gasteiger partial charge on any atom is 0.228 e. The number of furan rings is 1. The molecule has 1 saturated carbocycles. The van der Waals surface area contributed by atoms with E-state index in [1.807, 2.05) is 11.0 Å². The molecule has 1 unspecified atom stereocenters. The van der Waals surface area contributed by atoms with Crippen molar-refractivity contribution in [1.29, 1.82) is 0 Å². The number of benzene rings is 1. The summed E-state index contributed by atoms with van der Waals surface area (Å²) in [7, 11) is 0. The molecule has 0 spiro atoms. The zero-order chi connectivity index (χ0) is 18.1. The minimum absolute atomic E-state index is 0.0164. The van der Waals surface area contributed by atoms with Crippen LogP contribution in [0.15, 0.2) is 47.1 Å². The Kier molecular flexibility index (Phi) is 4.49. The summed E-state index contributed by atoms with van der Waals surface area (Å²) >= 11 is 0. The Hall–Kier alpha value is -2.63. The van der Waals surface area contributed by atoms with Gasteiger partial charge < -0.3 is 14.2 Å². The van der Waals surface area contributed by atoms with E-state index in [4.69, 9.17) is 4.42 Å².